The molecule has 0 bridgehead atoms. The average molecular weight is 269 g/mol. The molecule has 0 aliphatic rings. The summed E-state index contributed by atoms with van der Waals surface area (Å²) in [7, 11) is 1.77. The van der Waals surface area contributed by atoms with Gasteiger partial charge in [0, 0.05) is 25.5 Å². The van der Waals surface area contributed by atoms with E-state index < -0.39 is 0 Å². The van der Waals surface area contributed by atoms with Gasteiger partial charge < -0.3 is 10.6 Å². The maximum atomic E-state index is 12.4. The minimum absolute atomic E-state index is 0.123. The van der Waals surface area contributed by atoms with Gasteiger partial charge in [0.2, 0.25) is 0 Å². The molecule has 0 unspecified atom stereocenters. The number of aryl methyl sites for hydroxylation is 2. The zero-order chi connectivity index (χ0) is 14.7. The number of aromatic nitrogens is 1. The van der Waals surface area contributed by atoms with Crippen LogP contribution >= 0.6 is 0 Å². The maximum Gasteiger partial charge on any atom is 0.276 e. The van der Waals surface area contributed by atoms with Crippen LogP contribution in [0.1, 0.15) is 27.2 Å². The Labute approximate surface area is 119 Å². The zero-order valence-corrected chi connectivity index (χ0v) is 12.1. The lowest BCUT2D eigenvalue weighted by Gasteiger charge is -2.19. The largest absolute Gasteiger partial charge is 0.326 e. The maximum absolute atomic E-state index is 12.4. The fourth-order valence-corrected chi connectivity index (χ4v) is 2.03. The van der Waals surface area contributed by atoms with E-state index >= 15 is 0 Å². The Morgan fingerprint density at radius 1 is 1.25 bits per heavy atom. The van der Waals surface area contributed by atoms with Gasteiger partial charge in [-0.2, -0.15) is 0 Å². The lowest BCUT2D eigenvalue weighted by molar-refractivity contribution is 0.0988. The first kappa shape index (κ1) is 14.2. The topological polar surface area (TPSA) is 59.2 Å². The predicted molar refractivity (Wildman–Crippen MR) is 80.8 cm³/mol. The number of amides is 1. The van der Waals surface area contributed by atoms with Crippen LogP contribution in [0, 0.1) is 13.8 Å². The number of nitrogens with two attached hydrogens (primary N) is 1. The molecule has 2 N–H and O–H groups in total. The van der Waals surface area contributed by atoms with Crippen LogP contribution in [-0.4, -0.2) is 17.9 Å². The summed E-state index contributed by atoms with van der Waals surface area (Å²) in [5, 5.41) is 0. The van der Waals surface area contributed by atoms with Gasteiger partial charge in [-0.25, -0.2) is 0 Å². The summed E-state index contributed by atoms with van der Waals surface area (Å²) in [5.74, 6) is -0.123. The van der Waals surface area contributed by atoms with Crippen molar-refractivity contribution in [2.45, 2.75) is 20.4 Å². The monoisotopic (exact) mass is 269 g/mol. The summed E-state index contributed by atoms with van der Waals surface area (Å²) in [4.78, 5) is 18.2. The van der Waals surface area contributed by atoms with Crippen LogP contribution < -0.4 is 10.6 Å². The molecule has 104 valence electrons. The number of carbonyl (C=O) groups is 1. The normalized spacial score (nSPS) is 10.4. The van der Waals surface area contributed by atoms with Gasteiger partial charge in [-0.15, -0.1) is 0 Å². The molecule has 0 saturated carbocycles. The first-order valence-electron chi connectivity index (χ1n) is 6.53. The standard InChI is InChI=1S/C16H19N3O/c1-11-4-5-12(2)15(8-11)19(3)16(20)14-7-6-13(9-17)10-18-14/h4-8,10H,9,17H2,1-3H3. The third-order valence-electron chi connectivity index (χ3n) is 3.31. The van der Waals surface area contributed by atoms with Crippen LogP contribution in [0.4, 0.5) is 5.69 Å². The van der Waals surface area contributed by atoms with Crippen molar-refractivity contribution in [2.24, 2.45) is 5.73 Å². The molecule has 1 amide bonds. The summed E-state index contributed by atoms with van der Waals surface area (Å²) in [6.45, 7) is 4.42. The number of pyridine rings is 1. The van der Waals surface area contributed by atoms with Crippen molar-refractivity contribution in [3.63, 3.8) is 0 Å². The van der Waals surface area contributed by atoms with Crippen molar-refractivity contribution in [3.05, 3.63) is 58.9 Å². The van der Waals surface area contributed by atoms with E-state index in [0.29, 0.717) is 12.2 Å². The molecule has 4 nitrogen and oxygen atoms in total. The van der Waals surface area contributed by atoms with Gasteiger partial charge in [-0.05, 0) is 42.7 Å². The van der Waals surface area contributed by atoms with E-state index in [9.17, 15) is 4.79 Å². The van der Waals surface area contributed by atoms with Gasteiger partial charge in [0.05, 0.1) is 0 Å². The number of benzene rings is 1. The molecule has 20 heavy (non-hydrogen) atoms. The first-order valence-corrected chi connectivity index (χ1v) is 6.53. The first-order chi connectivity index (χ1) is 9.52. The fraction of sp³-hybridized carbons (Fsp3) is 0.250. The molecule has 0 aliphatic heterocycles. The Hall–Kier alpha value is -2.20. The van der Waals surface area contributed by atoms with Crippen LogP contribution in [-0.2, 0) is 6.54 Å². The molecular weight excluding hydrogens is 250 g/mol. The molecule has 0 aliphatic carbocycles. The van der Waals surface area contributed by atoms with E-state index in [1.54, 1.807) is 24.2 Å². The number of carbonyl (C=O) groups excluding carboxylic acids is 1. The predicted octanol–water partition coefficient (Wildman–Crippen LogP) is 2.43. The van der Waals surface area contributed by atoms with Crippen molar-refractivity contribution >= 4 is 11.6 Å². The minimum atomic E-state index is -0.123. The summed E-state index contributed by atoms with van der Waals surface area (Å²) >= 11 is 0. The van der Waals surface area contributed by atoms with Crippen molar-refractivity contribution < 1.29 is 4.79 Å². The highest BCUT2D eigenvalue weighted by molar-refractivity contribution is 6.04. The number of hydrogen-bond acceptors (Lipinski definition) is 3. The molecule has 0 spiro atoms. The van der Waals surface area contributed by atoms with Gasteiger partial charge in [-0.3, -0.25) is 9.78 Å². The second-order valence-corrected chi connectivity index (χ2v) is 4.91. The van der Waals surface area contributed by atoms with E-state index in [2.05, 4.69) is 4.98 Å². The smallest absolute Gasteiger partial charge is 0.276 e. The van der Waals surface area contributed by atoms with E-state index in [1.807, 2.05) is 38.1 Å². The molecule has 2 aromatic rings. The van der Waals surface area contributed by atoms with Crippen molar-refractivity contribution in [2.75, 3.05) is 11.9 Å². The molecule has 1 heterocycles. The highest BCUT2D eigenvalue weighted by Crippen LogP contribution is 2.21. The molecule has 1 aromatic carbocycles. The van der Waals surface area contributed by atoms with E-state index in [-0.39, 0.29) is 5.91 Å². The third-order valence-corrected chi connectivity index (χ3v) is 3.31. The number of hydrogen-bond donors (Lipinski definition) is 1. The highest BCUT2D eigenvalue weighted by atomic mass is 16.2. The van der Waals surface area contributed by atoms with Gasteiger partial charge in [0.25, 0.3) is 5.91 Å². The van der Waals surface area contributed by atoms with Crippen molar-refractivity contribution in [3.8, 4) is 0 Å². The number of anilines is 1. The van der Waals surface area contributed by atoms with Crippen LogP contribution in [0.5, 0.6) is 0 Å². The van der Waals surface area contributed by atoms with Gasteiger partial charge in [0.1, 0.15) is 5.69 Å². The van der Waals surface area contributed by atoms with Gasteiger partial charge >= 0.3 is 0 Å². The van der Waals surface area contributed by atoms with Crippen LogP contribution in [0.15, 0.2) is 36.5 Å². The molecule has 1 aromatic heterocycles. The summed E-state index contributed by atoms with van der Waals surface area (Å²) < 4.78 is 0. The fourth-order valence-electron chi connectivity index (χ4n) is 2.03. The second-order valence-electron chi connectivity index (χ2n) is 4.91. The van der Waals surface area contributed by atoms with Gasteiger partial charge in [-0.1, -0.05) is 18.2 Å². The number of nitrogens with zero attached hydrogens (tertiary/aromatic N) is 2. The third kappa shape index (κ3) is 2.86. The molecular formula is C16H19N3O. The van der Waals surface area contributed by atoms with E-state index in [1.165, 1.54) is 0 Å². The lowest BCUT2D eigenvalue weighted by atomic mass is 10.1. The van der Waals surface area contributed by atoms with Crippen molar-refractivity contribution in [1.82, 2.24) is 4.98 Å². The Balaban J connectivity index is 2.29. The lowest BCUT2D eigenvalue weighted by Crippen LogP contribution is -2.27. The van der Waals surface area contributed by atoms with Gasteiger partial charge in [0.15, 0.2) is 0 Å². The zero-order valence-electron chi connectivity index (χ0n) is 12.1. The molecule has 0 saturated heterocycles. The molecule has 0 radical (unpaired) electrons. The van der Waals surface area contributed by atoms with E-state index in [4.69, 9.17) is 5.73 Å². The summed E-state index contributed by atoms with van der Waals surface area (Å²) in [6, 6.07) is 9.59. The highest BCUT2D eigenvalue weighted by Gasteiger charge is 2.16. The summed E-state index contributed by atoms with van der Waals surface area (Å²) in [5.41, 5.74) is 9.95. The Bertz CT molecular complexity index is 620. The SMILES string of the molecule is Cc1ccc(C)c(N(C)C(=O)c2ccc(CN)cn2)c1. The minimum Gasteiger partial charge on any atom is -0.326 e. The molecule has 2 rings (SSSR count). The average Bonchev–Trinajstić information content (AvgIpc) is 2.48. The molecule has 0 fully saturated rings. The van der Waals surface area contributed by atoms with E-state index in [0.717, 1.165) is 22.4 Å². The molecule has 4 heteroatoms. The van der Waals surface area contributed by atoms with Crippen LogP contribution in [0.25, 0.3) is 0 Å². The van der Waals surface area contributed by atoms with Crippen molar-refractivity contribution in [1.29, 1.82) is 0 Å². The Kier molecular flexibility index (Phi) is 4.15. The van der Waals surface area contributed by atoms with Crippen LogP contribution in [0.3, 0.4) is 0 Å². The number of rotatable bonds is 3. The summed E-state index contributed by atoms with van der Waals surface area (Å²) in [6.07, 6.45) is 1.64. The second kappa shape index (κ2) is 5.84. The Morgan fingerprint density at radius 3 is 2.60 bits per heavy atom. The van der Waals surface area contributed by atoms with Crippen LogP contribution in [0.2, 0.25) is 0 Å². The molecule has 0 atom stereocenters. The quantitative estimate of drug-likeness (QED) is 0.931. The Morgan fingerprint density at radius 2 is 2.00 bits per heavy atom.